The van der Waals surface area contributed by atoms with Crippen LogP contribution in [0.4, 0.5) is 0 Å². The molecule has 1 heterocycles. The standard InChI is InChI=1S/C25H27N5O3S2/c1-4-30-22-12-9-20(18(2)3)17-23(22)34-25(30)28-24(31)19-7-10-21(11-8-19)35(32,33)29(15-5-13-26)16-6-14-27/h7-12,17-18H,4-6,15-16H2,1-3H3. The molecule has 0 aliphatic heterocycles. The van der Waals surface area contributed by atoms with Crippen LogP contribution in [0.15, 0.2) is 52.4 Å². The zero-order valence-electron chi connectivity index (χ0n) is 19.9. The molecule has 0 unspecified atom stereocenters. The van der Waals surface area contributed by atoms with Crippen molar-refractivity contribution in [2.75, 3.05) is 13.1 Å². The third kappa shape index (κ3) is 5.85. The zero-order chi connectivity index (χ0) is 25.6. The summed E-state index contributed by atoms with van der Waals surface area (Å²) in [5, 5.41) is 17.7. The Morgan fingerprint density at radius 1 is 1.09 bits per heavy atom. The van der Waals surface area contributed by atoms with E-state index in [-0.39, 0.29) is 36.4 Å². The van der Waals surface area contributed by atoms with Gasteiger partial charge in [0.25, 0.3) is 5.91 Å². The largest absolute Gasteiger partial charge is 0.317 e. The number of aromatic nitrogens is 1. The number of nitriles is 2. The summed E-state index contributed by atoms with van der Waals surface area (Å²) in [5.74, 6) is -0.0678. The van der Waals surface area contributed by atoms with Gasteiger partial charge in [0.15, 0.2) is 4.80 Å². The number of nitrogens with zero attached hydrogens (tertiary/aromatic N) is 5. The van der Waals surface area contributed by atoms with Crippen molar-refractivity contribution in [2.24, 2.45) is 4.99 Å². The van der Waals surface area contributed by atoms with E-state index in [9.17, 15) is 13.2 Å². The Kier molecular flexibility index (Phi) is 8.57. The number of fused-ring (bicyclic) bond motifs is 1. The van der Waals surface area contributed by atoms with Gasteiger partial charge >= 0.3 is 0 Å². The molecule has 1 amide bonds. The Hall–Kier alpha value is -3.31. The van der Waals surface area contributed by atoms with E-state index in [4.69, 9.17) is 10.5 Å². The molecule has 0 radical (unpaired) electrons. The van der Waals surface area contributed by atoms with Crippen molar-refractivity contribution >= 4 is 37.5 Å². The van der Waals surface area contributed by atoms with Crippen molar-refractivity contribution in [3.63, 3.8) is 0 Å². The number of sulfonamides is 1. The highest BCUT2D eigenvalue weighted by Crippen LogP contribution is 2.24. The third-order valence-corrected chi connectivity index (χ3v) is 8.53. The highest BCUT2D eigenvalue weighted by Gasteiger charge is 2.24. The van der Waals surface area contributed by atoms with E-state index in [0.29, 0.717) is 17.3 Å². The van der Waals surface area contributed by atoms with Crippen LogP contribution in [0.1, 0.15) is 55.5 Å². The Morgan fingerprint density at radius 2 is 1.71 bits per heavy atom. The number of hydrogen-bond donors (Lipinski definition) is 0. The van der Waals surface area contributed by atoms with Crippen molar-refractivity contribution in [3.8, 4) is 12.1 Å². The maximum atomic E-state index is 13.0. The fourth-order valence-corrected chi connectivity index (χ4v) is 6.19. The van der Waals surface area contributed by atoms with Crippen molar-refractivity contribution in [1.29, 1.82) is 10.5 Å². The van der Waals surface area contributed by atoms with Gasteiger partial charge in [-0.05, 0) is 54.8 Å². The summed E-state index contributed by atoms with van der Waals surface area (Å²) in [4.78, 5) is 17.8. The highest BCUT2D eigenvalue weighted by molar-refractivity contribution is 7.89. The Bertz CT molecular complexity index is 1450. The lowest BCUT2D eigenvalue weighted by atomic mass is 10.0. The van der Waals surface area contributed by atoms with Crippen molar-refractivity contribution < 1.29 is 13.2 Å². The number of benzene rings is 2. The normalized spacial score (nSPS) is 12.3. The minimum Gasteiger partial charge on any atom is -0.317 e. The van der Waals surface area contributed by atoms with Gasteiger partial charge in [0.2, 0.25) is 10.0 Å². The summed E-state index contributed by atoms with van der Waals surface area (Å²) in [7, 11) is -3.90. The lowest BCUT2D eigenvalue weighted by Crippen LogP contribution is -2.32. The molecule has 0 aliphatic carbocycles. The number of hydrogen-bond acceptors (Lipinski definition) is 6. The first-order chi connectivity index (χ1) is 16.7. The van der Waals surface area contributed by atoms with Crippen LogP contribution >= 0.6 is 11.3 Å². The van der Waals surface area contributed by atoms with Crippen LogP contribution in [0.3, 0.4) is 0 Å². The molecule has 10 heteroatoms. The summed E-state index contributed by atoms with van der Waals surface area (Å²) in [5.41, 5.74) is 2.51. The van der Waals surface area contributed by atoms with E-state index >= 15 is 0 Å². The lowest BCUT2D eigenvalue weighted by molar-refractivity contribution is 0.0997. The predicted molar refractivity (Wildman–Crippen MR) is 135 cm³/mol. The average molecular weight is 510 g/mol. The minimum absolute atomic E-state index is 0.00198. The molecule has 3 rings (SSSR count). The van der Waals surface area contributed by atoms with E-state index in [1.807, 2.05) is 23.6 Å². The molecule has 0 N–H and O–H groups in total. The molecule has 2 aromatic carbocycles. The van der Waals surface area contributed by atoms with Crippen LogP contribution in [0.2, 0.25) is 0 Å². The number of thiazole rings is 1. The average Bonchev–Trinajstić information content (AvgIpc) is 3.19. The van der Waals surface area contributed by atoms with Gasteiger partial charge < -0.3 is 4.57 Å². The maximum Gasteiger partial charge on any atom is 0.279 e. The van der Waals surface area contributed by atoms with Crippen molar-refractivity contribution in [1.82, 2.24) is 8.87 Å². The summed E-state index contributed by atoms with van der Waals surface area (Å²) in [6, 6.07) is 15.7. The molecular formula is C25H27N5O3S2. The quantitative estimate of drug-likeness (QED) is 0.423. The van der Waals surface area contributed by atoms with Crippen LogP contribution in [0.25, 0.3) is 10.2 Å². The molecule has 8 nitrogen and oxygen atoms in total. The number of aryl methyl sites for hydroxylation is 1. The maximum absolute atomic E-state index is 13.0. The number of carbonyl (C=O) groups excluding carboxylic acids is 1. The van der Waals surface area contributed by atoms with E-state index < -0.39 is 15.9 Å². The fourth-order valence-electron chi connectivity index (χ4n) is 3.61. The van der Waals surface area contributed by atoms with Crippen LogP contribution in [0, 0.1) is 22.7 Å². The second kappa shape index (κ2) is 11.4. The lowest BCUT2D eigenvalue weighted by Gasteiger charge is -2.20. The van der Waals surface area contributed by atoms with Gasteiger partial charge in [0.1, 0.15) is 0 Å². The molecule has 1 aromatic heterocycles. The Morgan fingerprint density at radius 3 is 2.26 bits per heavy atom. The smallest absolute Gasteiger partial charge is 0.279 e. The molecule has 0 bridgehead atoms. The highest BCUT2D eigenvalue weighted by atomic mass is 32.2. The Labute approximate surface area is 209 Å². The van der Waals surface area contributed by atoms with Crippen LogP contribution in [-0.2, 0) is 16.6 Å². The minimum atomic E-state index is -3.90. The van der Waals surface area contributed by atoms with Crippen molar-refractivity contribution in [2.45, 2.75) is 51.0 Å². The first kappa shape index (κ1) is 26.3. The second-order valence-corrected chi connectivity index (χ2v) is 11.1. The predicted octanol–water partition coefficient (Wildman–Crippen LogP) is 4.41. The van der Waals surface area contributed by atoms with E-state index in [2.05, 4.69) is 37.0 Å². The van der Waals surface area contributed by atoms with Crippen LogP contribution in [-0.4, -0.2) is 36.3 Å². The molecule has 182 valence electrons. The molecule has 0 aliphatic rings. The molecule has 0 atom stereocenters. The first-order valence-electron chi connectivity index (χ1n) is 11.3. The van der Waals surface area contributed by atoms with Gasteiger partial charge in [0.05, 0.1) is 27.3 Å². The van der Waals surface area contributed by atoms with Gasteiger partial charge in [-0.25, -0.2) is 8.42 Å². The SMILES string of the molecule is CCn1c(=NC(=O)c2ccc(S(=O)(=O)N(CCC#N)CCC#N)cc2)sc2cc(C(C)C)ccc21. The molecule has 0 saturated carbocycles. The summed E-state index contributed by atoms with van der Waals surface area (Å²) < 4.78 is 30.1. The van der Waals surface area contributed by atoms with Crippen LogP contribution < -0.4 is 4.80 Å². The zero-order valence-corrected chi connectivity index (χ0v) is 21.6. The van der Waals surface area contributed by atoms with E-state index in [0.717, 1.165) is 14.5 Å². The van der Waals surface area contributed by atoms with Gasteiger partial charge in [-0.15, -0.1) is 0 Å². The van der Waals surface area contributed by atoms with Gasteiger partial charge in [-0.3, -0.25) is 4.79 Å². The van der Waals surface area contributed by atoms with E-state index in [1.54, 1.807) is 0 Å². The van der Waals surface area contributed by atoms with Gasteiger partial charge in [0, 0.05) is 38.0 Å². The summed E-state index contributed by atoms with van der Waals surface area (Å²) >= 11 is 1.45. The molecule has 0 spiro atoms. The molecule has 0 saturated heterocycles. The van der Waals surface area contributed by atoms with Gasteiger partial charge in [-0.2, -0.15) is 19.8 Å². The number of rotatable bonds is 9. The Balaban J connectivity index is 1.92. The second-order valence-electron chi connectivity index (χ2n) is 8.17. The van der Waals surface area contributed by atoms with E-state index in [1.165, 1.54) is 41.2 Å². The van der Waals surface area contributed by atoms with Crippen LogP contribution in [0.5, 0.6) is 0 Å². The number of carbonyl (C=O) groups is 1. The van der Waals surface area contributed by atoms with Gasteiger partial charge in [-0.1, -0.05) is 31.3 Å². The molecule has 35 heavy (non-hydrogen) atoms. The van der Waals surface area contributed by atoms with Crippen molar-refractivity contribution in [3.05, 3.63) is 58.4 Å². The number of amides is 1. The molecular weight excluding hydrogens is 482 g/mol. The topological polar surface area (TPSA) is 119 Å². The third-order valence-electron chi connectivity index (χ3n) is 5.57. The summed E-state index contributed by atoms with van der Waals surface area (Å²) in [6.07, 6.45) is 0.0384. The fraction of sp³-hybridized carbons (Fsp3) is 0.360. The molecule has 3 aromatic rings. The summed E-state index contributed by atoms with van der Waals surface area (Å²) in [6.45, 7) is 6.92. The first-order valence-corrected chi connectivity index (χ1v) is 13.5. The molecule has 0 fully saturated rings. The monoisotopic (exact) mass is 509 g/mol.